The van der Waals surface area contributed by atoms with Crippen molar-refractivity contribution >= 4 is 45.7 Å². The highest BCUT2D eigenvalue weighted by Crippen LogP contribution is 2.19. The Hall–Kier alpha value is -3.72. The number of likely N-dealkylation sites (tertiary alicyclic amines) is 1. The summed E-state index contributed by atoms with van der Waals surface area (Å²) in [5.41, 5.74) is 2.44. The average Bonchev–Trinajstić information content (AvgIpc) is 3.09. The largest absolute Gasteiger partial charge is 0.326 e. The summed E-state index contributed by atoms with van der Waals surface area (Å²) in [6.45, 7) is 1.57. The van der Waals surface area contributed by atoms with Crippen LogP contribution in [0.5, 0.6) is 0 Å². The molecule has 0 bridgehead atoms. The molecule has 1 aliphatic heterocycles. The Morgan fingerprint density at radius 3 is 2.15 bits per heavy atom. The quantitative estimate of drug-likeness (QED) is 0.466. The SMILES string of the molecule is O=C(Cc1csc(NC(=O)c2ccccc2)n1)Nc1ccc(NC(=O)N2CCCCCC2)cc1. The van der Waals surface area contributed by atoms with Crippen molar-refractivity contribution in [2.24, 2.45) is 0 Å². The van der Waals surface area contributed by atoms with Crippen LogP contribution in [0.4, 0.5) is 21.3 Å². The third-order valence-electron chi connectivity index (χ3n) is 5.46. The molecule has 2 heterocycles. The average molecular weight is 478 g/mol. The molecule has 0 atom stereocenters. The van der Waals surface area contributed by atoms with Crippen molar-refractivity contribution in [3.63, 3.8) is 0 Å². The highest BCUT2D eigenvalue weighted by Gasteiger charge is 2.16. The van der Waals surface area contributed by atoms with E-state index in [0.717, 1.165) is 25.9 Å². The van der Waals surface area contributed by atoms with Crippen molar-refractivity contribution in [2.45, 2.75) is 32.1 Å². The van der Waals surface area contributed by atoms with Crippen LogP contribution < -0.4 is 16.0 Å². The van der Waals surface area contributed by atoms with Gasteiger partial charge in [0, 0.05) is 35.4 Å². The van der Waals surface area contributed by atoms with Crippen molar-refractivity contribution in [1.29, 1.82) is 0 Å². The summed E-state index contributed by atoms with van der Waals surface area (Å²) in [7, 11) is 0. The van der Waals surface area contributed by atoms with Crippen LogP contribution in [0.2, 0.25) is 0 Å². The molecule has 0 radical (unpaired) electrons. The summed E-state index contributed by atoms with van der Waals surface area (Å²) in [5, 5.41) is 10.7. The predicted octanol–water partition coefficient (Wildman–Crippen LogP) is 4.98. The first kappa shape index (κ1) is 23.4. The maximum Gasteiger partial charge on any atom is 0.321 e. The second kappa shape index (κ2) is 11.4. The fourth-order valence-electron chi connectivity index (χ4n) is 3.69. The number of nitrogens with one attached hydrogen (secondary N) is 3. The molecule has 1 saturated heterocycles. The second-order valence-electron chi connectivity index (χ2n) is 8.10. The molecule has 3 aromatic rings. The smallest absolute Gasteiger partial charge is 0.321 e. The number of aromatic nitrogens is 1. The minimum Gasteiger partial charge on any atom is -0.326 e. The normalized spacial score (nSPS) is 13.6. The minimum absolute atomic E-state index is 0.0858. The third kappa shape index (κ3) is 6.64. The van der Waals surface area contributed by atoms with Gasteiger partial charge in [0.15, 0.2) is 5.13 Å². The molecule has 4 rings (SSSR count). The van der Waals surface area contributed by atoms with Gasteiger partial charge in [-0.15, -0.1) is 11.3 Å². The van der Waals surface area contributed by atoms with Crippen LogP contribution >= 0.6 is 11.3 Å². The van der Waals surface area contributed by atoms with Crippen LogP contribution in [0.1, 0.15) is 41.7 Å². The van der Waals surface area contributed by atoms with Gasteiger partial charge in [0.1, 0.15) is 0 Å². The highest BCUT2D eigenvalue weighted by atomic mass is 32.1. The summed E-state index contributed by atoms with van der Waals surface area (Å²) in [5.74, 6) is -0.457. The summed E-state index contributed by atoms with van der Waals surface area (Å²) in [6.07, 6.45) is 4.51. The molecule has 1 fully saturated rings. The van der Waals surface area contributed by atoms with E-state index >= 15 is 0 Å². The number of hydrogen-bond acceptors (Lipinski definition) is 5. The number of anilines is 3. The molecular weight excluding hydrogens is 450 g/mol. The number of rotatable bonds is 6. The lowest BCUT2D eigenvalue weighted by molar-refractivity contribution is -0.115. The van der Waals surface area contributed by atoms with Gasteiger partial charge in [-0.3, -0.25) is 14.9 Å². The summed E-state index contributed by atoms with van der Waals surface area (Å²) in [6, 6.07) is 15.8. The van der Waals surface area contributed by atoms with Crippen LogP contribution in [-0.4, -0.2) is 40.8 Å². The Kier molecular flexibility index (Phi) is 7.87. The summed E-state index contributed by atoms with van der Waals surface area (Å²) >= 11 is 1.27. The van der Waals surface area contributed by atoms with Gasteiger partial charge in [-0.25, -0.2) is 9.78 Å². The molecule has 0 spiro atoms. The van der Waals surface area contributed by atoms with Crippen molar-refractivity contribution in [3.05, 3.63) is 71.2 Å². The van der Waals surface area contributed by atoms with Crippen LogP contribution in [0, 0.1) is 0 Å². The van der Waals surface area contributed by atoms with E-state index in [-0.39, 0.29) is 24.3 Å². The van der Waals surface area contributed by atoms with Crippen LogP contribution in [0.25, 0.3) is 0 Å². The molecule has 0 saturated carbocycles. The standard InChI is InChI=1S/C25H27N5O3S/c31-22(16-21-17-34-24(27-21)29-23(32)18-8-4-3-5-9-18)26-19-10-12-20(13-11-19)28-25(33)30-14-6-1-2-7-15-30/h3-5,8-13,17H,1-2,6-7,14-16H2,(H,26,31)(H,28,33)(H,27,29,32). The lowest BCUT2D eigenvalue weighted by atomic mass is 10.2. The molecular formula is C25H27N5O3S. The topological polar surface area (TPSA) is 103 Å². The molecule has 3 N–H and O–H groups in total. The van der Waals surface area contributed by atoms with E-state index in [1.807, 2.05) is 11.0 Å². The van der Waals surface area contributed by atoms with Gasteiger partial charge in [-0.1, -0.05) is 31.0 Å². The lowest BCUT2D eigenvalue weighted by Crippen LogP contribution is -2.35. The number of carbonyl (C=O) groups is 3. The van der Waals surface area contributed by atoms with Crippen molar-refractivity contribution in [1.82, 2.24) is 9.88 Å². The van der Waals surface area contributed by atoms with Crippen LogP contribution in [0.15, 0.2) is 60.0 Å². The fraction of sp³-hybridized carbons (Fsp3) is 0.280. The maximum atomic E-state index is 12.4. The molecule has 2 aromatic carbocycles. The number of carbonyl (C=O) groups excluding carboxylic acids is 3. The molecule has 0 unspecified atom stereocenters. The molecule has 0 aliphatic carbocycles. The number of benzene rings is 2. The van der Waals surface area contributed by atoms with E-state index in [4.69, 9.17) is 0 Å². The first-order valence-corrected chi connectivity index (χ1v) is 12.2. The monoisotopic (exact) mass is 477 g/mol. The third-order valence-corrected chi connectivity index (χ3v) is 6.27. The van der Waals surface area contributed by atoms with Crippen LogP contribution in [-0.2, 0) is 11.2 Å². The number of urea groups is 1. The van der Waals surface area contributed by atoms with E-state index in [0.29, 0.717) is 27.8 Å². The van der Waals surface area contributed by atoms with Crippen molar-refractivity contribution in [2.75, 3.05) is 29.0 Å². The van der Waals surface area contributed by atoms with Gasteiger partial charge in [0.2, 0.25) is 5.91 Å². The lowest BCUT2D eigenvalue weighted by Gasteiger charge is -2.20. The van der Waals surface area contributed by atoms with Crippen molar-refractivity contribution in [3.8, 4) is 0 Å². The zero-order chi connectivity index (χ0) is 23.8. The minimum atomic E-state index is -0.242. The number of hydrogen-bond donors (Lipinski definition) is 3. The van der Waals surface area contributed by atoms with E-state index in [1.54, 1.807) is 53.9 Å². The molecule has 34 heavy (non-hydrogen) atoms. The molecule has 1 aromatic heterocycles. The predicted molar refractivity (Wildman–Crippen MR) is 134 cm³/mol. The Labute approximate surface area is 202 Å². The number of nitrogens with zero attached hydrogens (tertiary/aromatic N) is 2. The Bertz CT molecular complexity index is 1120. The molecule has 9 heteroatoms. The second-order valence-corrected chi connectivity index (χ2v) is 8.96. The van der Waals surface area contributed by atoms with Gasteiger partial charge < -0.3 is 15.5 Å². The van der Waals surface area contributed by atoms with Crippen LogP contribution in [0.3, 0.4) is 0 Å². The van der Waals surface area contributed by atoms with Gasteiger partial charge in [0.05, 0.1) is 12.1 Å². The summed E-state index contributed by atoms with van der Waals surface area (Å²) in [4.78, 5) is 43.3. The first-order chi connectivity index (χ1) is 16.6. The summed E-state index contributed by atoms with van der Waals surface area (Å²) < 4.78 is 0. The molecule has 176 valence electrons. The number of amides is 4. The van der Waals surface area contributed by atoms with Gasteiger partial charge in [-0.2, -0.15) is 0 Å². The number of thiazole rings is 1. The fourth-order valence-corrected chi connectivity index (χ4v) is 4.39. The Morgan fingerprint density at radius 1 is 0.824 bits per heavy atom. The Balaban J connectivity index is 1.25. The van der Waals surface area contributed by atoms with E-state index in [9.17, 15) is 14.4 Å². The maximum absolute atomic E-state index is 12.4. The van der Waals surface area contributed by atoms with E-state index in [1.165, 1.54) is 24.2 Å². The van der Waals surface area contributed by atoms with Crippen molar-refractivity contribution < 1.29 is 14.4 Å². The zero-order valence-electron chi connectivity index (χ0n) is 18.8. The molecule has 1 aliphatic rings. The molecule has 8 nitrogen and oxygen atoms in total. The highest BCUT2D eigenvalue weighted by molar-refractivity contribution is 7.14. The van der Waals surface area contributed by atoms with E-state index in [2.05, 4.69) is 20.9 Å². The zero-order valence-corrected chi connectivity index (χ0v) is 19.6. The first-order valence-electron chi connectivity index (χ1n) is 11.3. The van der Waals surface area contributed by atoms with Gasteiger partial charge in [0.25, 0.3) is 5.91 Å². The van der Waals surface area contributed by atoms with E-state index < -0.39 is 0 Å². The Morgan fingerprint density at radius 2 is 1.47 bits per heavy atom. The molecule has 4 amide bonds. The van der Waals surface area contributed by atoms with Gasteiger partial charge >= 0.3 is 6.03 Å². The van der Waals surface area contributed by atoms with Gasteiger partial charge in [-0.05, 0) is 49.2 Å².